The summed E-state index contributed by atoms with van der Waals surface area (Å²) in [6.45, 7) is 3.88. The summed E-state index contributed by atoms with van der Waals surface area (Å²) >= 11 is 0. The number of pyridine rings is 1. The molecule has 1 fully saturated rings. The average molecular weight is 351 g/mol. The van der Waals surface area contributed by atoms with Crippen molar-refractivity contribution in [2.75, 3.05) is 18.4 Å². The number of amides is 1. The number of fused-ring (bicyclic) bond motifs is 1. The first-order valence-electron chi connectivity index (χ1n) is 9.39. The third-order valence-corrected chi connectivity index (χ3v) is 5.59. The molecule has 2 N–H and O–H groups in total. The van der Waals surface area contributed by atoms with Gasteiger partial charge in [0.2, 0.25) is 0 Å². The monoisotopic (exact) mass is 351 g/mol. The number of aliphatic hydroxyl groups excluding tert-OH is 1. The van der Waals surface area contributed by atoms with Crippen molar-refractivity contribution in [2.24, 2.45) is 5.92 Å². The van der Waals surface area contributed by atoms with E-state index >= 15 is 0 Å². The Morgan fingerprint density at radius 1 is 1.19 bits per heavy atom. The van der Waals surface area contributed by atoms with Crippen LogP contribution in [0.1, 0.15) is 47.3 Å². The Hall–Kier alpha value is -2.40. The molecule has 26 heavy (non-hydrogen) atoms. The molecule has 1 aromatic heterocycles. The fraction of sp³-hybridized carbons (Fsp3) is 0.429. The van der Waals surface area contributed by atoms with Crippen molar-refractivity contribution in [3.63, 3.8) is 0 Å². The Morgan fingerprint density at radius 3 is 2.69 bits per heavy atom. The smallest absolute Gasteiger partial charge is 0.255 e. The zero-order chi connectivity index (χ0) is 18.1. The van der Waals surface area contributed by atoms with Gasteiger partial charge < -0.3 is 15.3 Å². The average Bonchev–Trinajstić information content (AvgIpc) is 2.98. The highest BCUT2D eigenvalue weighted by atomic mass is 16.3. The molecule has 0 spiro atoms. The number of anilines is 1. The van der Waals surface area contributed by atoms with Gasteiger partial charge in [0.05, 0.1) is 17.7 Å². The van der Waals surface area contributed by atoms with Crippen LogP contribution >= 0.6 is 0 Å². The van der Waals surface area contributed by atoms with E-state index in [1.807, 2.05) is 35.2 Å². The minimum atomic E-state index is -0.467. The molecule has 1 saturated heterocycles. The highest BCUT2D eigenvalue weighted by molar-refractivity contribution is 5.94. The van der Waals surface area contributed by atoms with E-state index in [9.17, 15) is 9.90 Å². The Bertz CT molecular complexity index is 782. The second-order valence-corrected chi connectivity index (χ2v) is 7.50. The predicted octanol–water partition coefficient (Wildman–Crippen LogP) is 3.02. The molecule has 1 aliphatic heterocycles. The third-order valence-electron chi connectivity index (χ3n) is 5.59. The molecule has 0 saturated carbocycles. The Labute approximate surface area is 154 Å². The normalized spacial score (nSPS) is 22.9. The summed E-state index contributed by atoms with van der Waals surface area (Å²) in [5.41, 5.74) is 2.91. The van der Waals surface area contributed by atoms with E-state index in [1.165, 1.54) is 5.56 Å². The number of hydrogen-bond acceptors (Lipinski definition) is 4. The number of nitrogens with zero attached hydrogens (tertiary/aromatic N) is 2. The molecule has 0 radical (unpaired) electrons. The topological polar surface area (TPSA) is 65.5 Å². The lowest BCUT2D eigenvalue weighted by Crippen LogP contribution is -2.37. The summed E-state index contributed by atoms with van der Waals surface area (Å²) in [6, 6.07) is 11.6. The number of aromatic nitrogens is 1. The number of benzene rings is 1. The number of hydrogen-bond donors (Lipinski definition) is 2. The number of likely N-dealkylation sites (tertiary alicyclic amines) is 1. The van der Waals surface area contributed by atoms with E-state index in [0.717, 1.165) is 31.5 Å². The minimum Gasteiger partial charge on any atom is -0.390 e. The zero-order valence-electron chi connectivity index (χ0n) is 15.1. The second kappa shape index (κ2) is 7.08. The quantitative estimate of drug-likeness (QED) is 0.892. The van der Waals surface area contributed by atoms with Crippen molar-refractivity contribution in [3.05, 3.63) is 59.3 Å². The van der Waals surface area contributed by atoms with E-state index in [2.05, 4.69) is 23.3 Å². The maximum atomic E-state index is 12.6. The van der Waals surface area contributed by atoms with Crippen LogP contribution in [-0.2, 0) is 6.42 Å². The van der Waals surface area contributed by atoms with Crippen molar-refractivity contribution < 1.29 is 9.90 Å². The number of rotatable bonds is 3. The summed E-state index contributed by atoms with van der Waals surface area (Å²) in [6.07, 6.45) is 3.95. The van der Waals surface area contributed by atoms with Crippen molar-refractivity contribution in [1.82, 2.24) is 9.88 Å². The van der Waals surface area contributed by atoms with E-state index in [4.69, 9.17) is 0 Å². The van der Waals surface area contributed by atoms with Crippen molar-refractivity contribution >= 4 is 11.7 Å². The molecule has 1 amide bonds. The molecule has 1 aliphatic carbocycles. The van der Waals surface area contributed by atoms with Gasteiger partial charge in [0, 0.05) is 25.7 Å². The molecule has 2 atom stereocenters. The first kappa shape index (κ1) is 17.0. The van der Waals surface area contributed by atoms with Crippen LogP contribution in [0.15, 0.2) is 42.6 Å². The number of carbonyl (C=O) groups is 1. The zero-order valence-corrected chi connectivity index (χ0v) is 15.1. The van der Waals surface area contributed by atoms with Gasteiger partial charge in [-0.3, -0.25) is 4.79 Å². The molecule has 0 unspecified atom stereocenters. The number of piperidine rings is 1. The molecule has 5 nitrogen and oxygen atoms in total. The van der Waals surface area contributed by atoms with E-state index < -0.39 is 6.10 Å². The number of nitrogens with one attached hydrogen (secondary N) is 1. The molecule has 4 rings (SSSR count). The lowest BCUT2D eigenvalue weighted by atomic mass is 9.99. The Balaban J connectivity index is 1.44. The van der Waals surface area contributed by atoms with Gasteiger partial charge in [-0.2, -0.15) is 0 Å². The second-order valence-electron chi connectivity index (χ2n) is 7.50. The van der Waals surface area contributed by atoms with Gasteiger partial charge in [-0.1, -0.05) is 31.2 Å². The Kier molecular flexibility index (Phi) is 4.64. The van der Waals surface area contributed by atoms with Gasteiger partial charge in [0.25, 0.3) is 5.91 Å². The molecule has 2 aliphatic rings. The van der Waals surface area contributed by atoms with Crippen LogP contribution in [0, 0.1) is 5.92 Å². The SMILES string of the molecule is CC1CCN(C(=O)c2ccc(N[C@H]3c4ccccc4C[C@H]3O)nc2)CC1. The van der Waals surface area contributed by atoms with Crippen LogP contribution in [0.25, 0.3) is 0 Å². The van der Waals surface area contributed by atoms with Crippen LogP contribution in [0.5, 0.6) is 0 Å². The summed E-state index contributed by atoms with van der Waals surface area (Å²) in [4.78, 5) is 18.9. The van der Waals surface area contributed by atoms with Crippen LogP contribution in [0.2, 0.25) is 0 Å². The van der Waals surface area contributed by atoms with E-state index in [-0.39, 0.29) is 11.9 Å². The van der Waals surface area contributed by atoms with E-state index in [0.29, 0.717) is 23.7 Å². The molecular formula is C21H25N3O2. The van der Waals surface area contributed by atoms with Crippen LogP contribution in [0.4, 0.5) is 5.82 Å². The van der Waals surface area contributed by atoms with Gasteiger partial charge in [0.15, 0.2) is 0 Å². The fourth-order valence-electron chi connectivity index (χ4n) is 3.91. The molecular weight excluding hydrogens is 326 g/mol. The summed E-state index contributed by atoms with van der Waals surface area (Å²) in [5.74, 6) is 1.43. The Morgan fingerprint density at radius 2 is 1.96 bits per heavy atom. The lowest BCUT2D eigenvalue weighted by molar-refractivity contribution is 0.0697. The van der Waals surface area contributed by atoms with Crippen LogP contribution in [-0.4, -0.2) is 40.1 Å². The summed E-state index contributed by atoms with van der Waals surface area (Å²) in [5, 5.41) is 13.7. The van der Waals surface area contributed by atoms with Crippen LogP contribution < -0.4 is 5.32 Å². The molecule has 5 heteroatoms. The molecule has 1 aromatic carbocycles. The van der Waals surface area contributed by atoms with Gasteiger partial charge >= 0.3 is 0 Å². The van der Waals surface area contributed by atoms with Crippen molar-refractivity contribution in [2.45, 2.75) is 38.3 Å². The maximum absolute atomic E-state index is 12.6. The minimum absolute atomic E-state index is 0.0576. The molecule has 2 aromatic rings. The third kappa shape index (κ3) is 3.31. The van der Waals surface area contributed by atoms with Gasteiger partial charge in [-0.05, 0) is 42.0 Å². The maximum Gasteiger partial charge on any atom is 0.255 e. The van der Waals surface area contributed by atoms with Gasteiger partial charge in [-0.25, -0.2) is 4.98 Å². The van der Waals surface area contributed by atoms with E-state index in [1.54, 1.807) is 6.20 Å². The van der Waals surface area contributed by atoms with Crippen molar-refractivity contribution in [1.29, 1.82) is 0 Å². The van der Waals surface area contributed by atoms with Crippen LogP contribution in [0.3, 0.4) is 0 Å². The first-order chi connectivity index (χ1) is 12.6. The predicted molar refractivity (Wildman–Crippen MR) is 101 cm³/mol. The largest absolute Gasteiger partial charge is 0.390 e. The number of carbonyl (C=O) groups excluding carboxylic acids is 1. The van der Waals surface area contributed by atoms with Gasteiger partial charge in [-0.15, -0.1) is 0 Å². The summed E-state index contributed by atoms with van der Waals surface area (Å²) < 4.78 is 0. The highest BCUT2D eigenvalue weighted by Gasteiger charge is 2.31. The highest BCUT2D eigenvalue weighted by Crippen LogP contribution is 2.33. The fourth-order valence-corrected chi connectivity index (χ4v) is 3.91. The first-order valence-corrected chi connectivity index (χ1v) is 9.39. The molecule has 2 heterocycles. The van der Waals surface area contributed by atoms with Crippen molar-refractivity contribution in [3.8, 4) is 0 Å². The lowest BCUT2D eigenvalue weighted by Gasteiger charge is -2.30. The standard InChI is InChI=1S/C21H25N3O2/c1-14-8-10-24(11-9-14)21(26)16-6-7-19(22-13-16)23-20-17-5-3-2-4-15(17)12-18(20)25/h2-7,13-14,18,20,25H,8-12H2,1H3,(H,22,23)/t18-,20+/m1/s1. The molecule has 136 valence electrons. The number of aliphatic hydroxyl groups is 1. The van der Waals surface area contributed by atoms with Gasteiger partial charge in [0.1, 0.15) is 5.82 Å². The molecule has 0 bridgehead atoms. The summed E-state index contributed by atoms with van der Waals surface area (Å²) in [7, 11) is 0.